The molecule has 0 aromatic carbocycles. The first-order valence-corrected chi connectivity index (χ1v) is 8.81. The van der Waals surface area contributed by atoms with Gasteiger partial charge in [-0.2, -0.15) is 14.6 Å². The summed E-state index contributed by atoms with van der Waals surface area (Å²) in [5, 5.41) is 4.40. The summed E-state index contributed by atoms with van der Waals surface area (Å²) < 4.78 is 1.89. The van der Waals surface area contributed by atoms with Crippen LogP contribution in [0.2, 0.25) is 0 Å². The van der Waals surface area contributed by atoms with Crippen LogP contribution in [0.15, 0.2) is 12.4 Å². The van der Waals surface area contributed by atoms with Crippen LogP contribution in [0.4, 0.5) is 5.82 Å². The molecule has 6 heteroatoms. The molecule has 1 saturated heterocycles. The number of aromatic nitrogens is 4. The van der Waals surface area contributed by atoms with Crippen LogP contribution >= 0.6 is 0 Å². The number of nitrogens with zero attached hydrogens (tertiary/aromatic N) is 6. The van der Waals surface area contributed by atoms with Crippen molar-refractivity contribution in [3.63, 3.8) is 0 Å². The van der Waals surface area contributed by atoms with E-state index >= 15 is 0 Å². The van der Waals surface area contributed by atoms with E-state index in [2.05, 4.69) is 51.7 Å². The van der Waals surface area contributed by atoms with Gasteiger partial charge in [-0.3, -0.25) is 4.90 Å². The fraction of sp³-hybridized carbons (Fsp3) is 0.706. The van der Waals surface area contributed by atoms with Crippen molar-refractivity contribution in [2.45, 2.75) is 45.6 Å². The largest absolute Gasteiger partial charge is 0.355 e. The molecule has 124 valence electrons. The van der Waals surface area contributed by atoms with E-state index in [0.29, 0.717) is 17.6 Å². The molecule has 0 amide bonds. The lowest BCUT2D eigenvalue weighted by atomic mass is 10.1. The first-order valence-electron chi connectivity index (χ1n) is 8.81. The van der Waals surface area contributed by atoms with Crippen LogP contribution in [0.3, 0.4) is 0 Å². The minimum Gasteiger partial charge on any atom is -0.355 e. The van der Waals surface area contributed by atoms with Crippen molar-refractivity contribution in [2.75, 3.05) is 31.1 Å². The second-order valence-electron chi connectivity index (χ2n) is 7.44. The maximum atomic E-state index is 4.64. The standard InChI is InChI=1S/C17H26N6/c1-12(2)15-8-16(23-17(20-15)18-11-19-23)22-7-6-21(14-4-5-14)9-13(3)10-22/h8,11-14H,4-7,9-10H2,1-3H3. The Morgan fingerprint density at radius 3 is 2.74 bits per heavy atom. The Hall–Kier alpha value is -1.69. The quantitative estimate of drug-likeness (QED) is 0.869. The third kappa shape index (κ3) is 2.92. The highest BCUT2D eigenvalue weighted by molar-refractivity contribution is 5.48. The maximum Gasteiger partial charge on any atom is 0.254 e. The second kappa shape index (κ2) is 5.74. The third-order valence-corrected chi connectivity index (χ3v) is 4.97. The molecule has 6 nitrogen and oxygen atoms in total. The molecule has 1 aliphatic carbocycles. The third-order valence-electron chi connectivity index (χ3n) is 4.97. The highest BCUT2D eigenvalue weighted by Gasteiger charge is 2.32. The van der Waals surface area contributed by atoms with E-state index in [-0.39, 0.29) is 0 Å². The Labute approximate surface area is 137 Å². The van der Waals surface area contributed by atoms with E-state index in [1.165, 1.54) is 19.4 Å². The molecule has 2 aliphatic rings. The summed E-state index contributed by atoms with van der Waals surface area (Å²) in [6.07, 6.45) is 4.37. The summed E-state index contributed by atoms with van der Waals surface area (Å²) in [4.78, 5) is 14.1. The van der Waals surface area contributed by atoms with Crippen molar-refractivity contribution in [3.8, 4) is 0 Å². The number of hydrogen-bond acceptors (Lipinski definition) is 5. The first kappa shape index (κ1) is 14.9. The Bertz CT molecular complexity index is 689. The number of fused-ring (bicyclic) bond motifs is 1. The molecule has 3 heterocycles. The maximum absolute atomic E-state index is 4.64. The Morgan fingerprint density at radius 2 is 2.00 bits per heavy atom. The topological polar surface area (TPSA) is 49.6 Å². The Kier molecular flexibility index (Phi) is 3.71. The molecule has 0 N–H and O–H groups in total. The molecule has 23 heavy (non-hydrogen) atoms. The zero-order valence-electron chi connectivity index (χ0n) is 14.3. The van der Waals surface area contributed by atoms with Crippen LogP contribution in [0.5, 0.6) is 0 Å². The van der Waals surface area contributed by atoms with Gasteiger partial charge in [0.25, 0.3) is 5.78 Å². The zero-order chi connectivity index (χ0) is 16.0. The molecule has 1 atom stereocenters. The van der Waals surface area contributed by atoms with Crippen molar-refractivity contribution >= 4 is 11.6 Å². The van der Waals surface area contributed by atoms with Gasteiger partial charge in [0, 0.05) is 38.3 Å². The van der Waals surface area contributed by atoms with Crippen LogP contribution in [0, 0.1) is 5.92 Å². The smallest absolute Gasteiger partial charge is 0.254 e. The number of hydrogen-bond donors (Lipinski definition) is 0. The summed E-state index contributed by atoms with van der Waals surface area (Å²) >= 11 is 0. The van der Waals surface area contributed by atoms with E-state index < -0.39 is 0 Å². The molecule has 2 aromatic rings. The van der Waals surface area contributed by atoms with Crippen molar-refractivity contribution < 1.29 is 0 Å². The average Bonchev–Trinajstić information content (AvgIpc) is 3.28. The lowest BCUT2D eigenvalue weighted by Gasteiger charge is -2.25. The molecule has 0 radical (unpaired) electrons. The summed E-state index contributed by atoms with van der Waals surface area (Å²) in [5.74, 6) is 2.90. The molecule has 1 unspecified atom stereocenters. The highest BCUT2D eigenvalue weighted by atomic mass is 15.4. The highest BCUT2D eigenvalue weighted by Crippen LogP contribution is 2.30. The van der Waals surface area contributed by atoms with Crippen LogP contribution in [0.1, 0.15) is 45.2 Å². The second-order valence-corrected chi connectivity index (χ2v) is 7.44. The summed E-state index contributed by atoms with van der Waals surface area (Å²) in [7, 11) is 0. The molecular formula is C17H26N6. The van der Waals surface area contributed by atoms with Crippen LogP contribution in [-0.2, 0) is 0 Å². The Morgan fingerprint density at radius 1 is 1.17 bits per heavy atom. The summed E-state index contributed by atoms with van der Waals surface area (Å²) in [6, 6.07) is 3.04. The molecule has 4 rings (SSSR count). The van der Waals surface area contributed by atoms with E-state index in [1.807, 2.05) is 4.52 Å². The van der Waals surface area contributed by atoms with Crippen molar-refractivity contribution in [2.24, 2.45) is 5.92 Å². The minimum atomic E-state index is 0.391. The molecule has 1 aliphatic heterocycles. The van der Waals surface area contributed by atoms with Gasteiger partial charge < -0.3 is 4.90 Å². The van der Waals surface area contributed by atoms with Gasteiger partial charge in [-0.15, -0.1) is 0 Å². The molecule has 2 aromatic heterocycles. The number of rotatable bonds is 3. The van der Waals surface area contributed by atoms with Crippen LogP contribution in [-0.4, -0.2) is 56.7 Å². The molecule has 0 spiro atoms. The van der Waals surface area contributed by atoms with Crippen molar-refractivity contribution in [1.82, 2.24) is 24.5 Å². The number of anilines is 1. The monoisotopic (exact) mass is 314 g/mol. The molecule has 1 saturated carbocycles. The van der Waals surface area contributed by atoms with Gasteiger partial charge in [-0.1, -0.05) is 20.8 Å². The van der Waals surface area contributed by atoms with Crippen molar-refractivity contribution in [3.05, 3.63) is 18.1 Å². The van der Waals surface area contributed by atoms with Gasteiger partial charge in [0.2, 0.25) is 0 Å². The van der Waals surface area contributed by atoms with E-state index in [1.54, 1.807) is 6.33 Å². The van der Waals surface area contributed by atoms with Gasteiger partial charge in [-0.05, 0) is 24.7 Å². The summed E-state index contributed by atoms with van der Waals surface area (Å²) in [6.45, 7) is 11.2. The van der Waals surface area contributed by atoms with Gasteiger partial charge in [0.05, 0.1) is 5.69 Å². The first-order chi connectivity index (χ1) is 11.1. The normalized spacial score (nSPS) is 23.7. The van der Waals surface area contributed by atoms with Gasteiger partial charge in [0.15, 0.2) is 0 Å². The van der Waals surface area contributed by atoms with Gasteiger partial charge in [-0.25, -0.2) is 4.98 Å². The molecule has 2 fully saturated rings. The lowest BCUT2D eigenvalue weighted by Crippen LogP contribution is -2.33. The summed E-state index contributed by atoms with van der Waals surface area (Å²) in [5.41, 5.74) is 1.09. The van der Waals surface area contributed by atoms with E-state index in [0.717, 1.165) is 37.2 Å². The minimum absolute atomic E-state index is 0.391. The zero-order valence-corrected chi connectivity index (χ0v) is 14.3. The lowest BCUT2D eigenvalue weighted by molar-refractivity contribution is 0.255. The van der Waals surface area contributed by atoms with Crippen LogP contribution < -0.4 is 4.90 Å². The van der Waals surface area contributed by atoms with E-state index in [4.69, 9.17) is 0 Å². The average molecular weight is 314 g/mol. The fourth-order valence-corrected chi connectivity index (χ4v) is 3.58. The van der Waals surface area contributed by atoms with E-state index in [9.17, 15) is 0 Å². The predicted molar refractivity (Wildman–Crippen MR) is 90.8 cm³/mol. The molecule has 0 bridgehead atoms. The molecular weight excluding hydrogens is 288 g/mol. The SMILES string of the molecule is CC1CN(c2cc(C(C)C)nc3ncnn23)CCN(C2CC2)C1. The van der Waals surface area contributed by atoms with Crippen LogP contribution in [0.25, 0.3) is 5.78 Å². The Balaban J connectivity index is 1.68. The van der Waals surface area contributed by atoms with Crippen molar-refractivity contribution in [1.29, 1.82) is 0 Å². The fourth-order valence-electron chi connectivity index (χ4n) is 3.58. The predicted octanol–water partition coefficient (Wildman–Crippen LogP) is 2.17. The van der Waals surface area contributed by atoms with Gasteiger partial charge >= 0.3 is 0 Å². The van der Waals surface area contributed by atoms with Gasteiger partial charge in [0.1, 0.15) is 12.1 Å².